The summed E-state index contributed by atoms with van der Waals surface area (Å²) < 4.78 is 0. The van der Waals surface area contributed by atoms with Gasteiger partial charge in [0, 0.05) is 24.4 Å². The van der Waals surface area contributed by atoms with Crippen molar-refractivity contribution in [2.75, 3.05) is 11.9 Å². The van der Waals surface area contributed by atoms with Crippen molar-refractivity contribution in [3.05, 3.63) is 34.3 Å². The van der Waals surface area contributed by atoms with E-state index in [0.717, 1.165) is 30.1 Å². The Hall–Kier alpha value is -2.12. The number of nitrogens with zero attached hydrogens (tertiary/aromatic N) is 1. The standard InChI is InChI=1S/C13H13N3O3S/c17-7-1-2-10(18)8(5-7)12(19)16-13-15-9-3-4-14-6-11(9)20-13/h1-2,5,14,17-18H,3-4,6H2,(H,15,16,19). The van der Waals surface area contributed by atoms with Gasteiger partial charge in [-0.05, 0) is 18.2 Å². The number of phenolic OH excluding ortho intramolecular Hbond substituents is 2. The summed E-state index contributed by atoms with van der Waals surface area (Å²) in [7, 11) is 0. The first-order valence-electron chi connectivity index (χ1n) is 6.16. The molecule has 1 aliphatic rings. The molecule has 0 saturated heterocycles. The first-order chi connectivity index (χ1) is 9.63. The number of phenols is 2. The van der Waals surface area contributed by atoms with Crippen LogP contribution in [0.1, 0.15) is 20.9 Å². The highest BCUT2D eigenvalue weighted by atomic mass is 32.1. The molecule has 1 aliphatic heterocycles. The number of hydrogen-bond acceptors (Lipinski definition) is 6. The number of benzene rings is 1. The van der Waals surface area contributed by atoms with Gasteiger partial charge in [0.2, 0.25) is 0 Å². The second kappa shape index (κ2) is 5.10. The minimum atomic E-state index is -0.488. The smallest absolute Gasteiger partial charge is 0.261 e. The third-order valence-corrected chi connectivity index (χ3v) is 4.06. The summed E-state index contributed by atoms with van der Waals surface area (Å²) in [5, 5.41) is 25.4. The molecule has 0 aliphatic carbocycles. The summed E-state index contributed by atoms with van der Waals surface area (Å²) in [6, 6.07) is 3.82. The van der Waals surface area contributed by atoms with E-state index in [4.69, 9.17) is 0 Å². The lowest BCUT2D eigenvalue weighted by molar-refractivity contribution is 0.102. The lowest BCUT2D eigenvalue weighted by Gasteiger charge is -2.09. The number of carbonyl (C=O) groups excluding carboxylic acids is 1. The molecule has 0 spiro atoms. The third-order valence-electron chi connectivity index (χ3n) is 3.05. The van der Waals surface area contributed by atoms with Crippen LogP contribution in [0.25, 0.3) is 0 Å². The molecular weight excluding hydrogens is 278 g/mol. The lowest BCUT2D eigenvalue weighted by Crippen LogP contribution is -2.22. The molecule has 2 aromatic rings. The Morgan fingerprint density at radius 3 is 3.05 bits per heavy atom. The van der Waals surface area contributed by atoms with E-state index in [0.29, 0.717) is 5.13 Å². The second-order valence-corrected chi connectivity index (χ2v) is 5.55. The van der Waals surface area contributed by atoms with Crippen LogP contribution >= 0.6 is 11.3 Å². The van der Waals surface area contributed by atoms with Crippen LogP contribution in [0.3, 0.4) is 0 Å². The van der Waals surface area contributed by atoms with Gasteiger partial charge in [-0.25, -0.2) is 4.98 Å². The number of rotatable bonds is 2. The largest absolute Gasteiger partial charge is 0.508 e. The van der Waals surface area contributed by atoms with Gasteiger partial charge in [0.15, 0.2) is 5.13 Å². The molecule has 3 rings (SSSR count). The lowest BCUT2D eigenvalue weighted by atomic mass is 10.2. The molecule has 1 aromatic carbocycles. The molecule has 0 bridgehead atoms. The number of nitrogens with one attached hydrogen (secondary N) is 2. The second-order valence-electron chi connectivity index (χ2n) is 4.47. The van der Waals surface area contributed by atoms with Crippen molar-refractivity contribution in [2.45, 2.75) is 13.0 Å². The van der Waals surface area contributed by atoms with Gasteiger partial charge in [-0.3, -0.25) is 10.1 Å². The number of fused-ring (bicyclic) bond motifs is 1. The maximum Gasteiger partial charge on any atom is 0.261 e. The molecule has 6 nitrogen and oxygen atoms in total. The topological polar surface area (TPSA) is 94.5 Å². The molecule has 0 radical (unpaired) electrons. The van der Waals surface area contributed by atoms with Gasteiger partial charge in [0.25, 0.3) is 5.91 Å². The van der Waals surface area contributed by atoms with Crippen molar-refractivity contribution in [1.82, 2.24) is 10.3 Å². The number of thiazole rings is 1. The molecule has 1 amide bonds. The van der Waals surface area contributed by atoms with Crippen LogP contribution in [0.4, 0.5) is 5.13 Å². The average Bonchev–Trinajstić information content (AvgIpc) is 2.83. The summed E-state index contributed by atoms with van der Waals surface area (Å²) >= 11 is 1.42. The number of carbonyl (C=O) groups is 1. The Kier molecular flexibility index (Phi) is 3.29. The SMILES string of the molecule is O=C(Nc1nc2c(s1)CNCC2)c1cc(O)ccc1O. The molecular formula is C13H13N3O3S. The van der Waals surface area contributed by atoms with Crippen molar-refractivity contribution in [3.63, 3.8) is 0 Å². The zero-order valence-electron chi connectivity index (χ0n) is 10.5. The normalized spacial score (nSPS) is 13.8. The van der Waals surface area contributed by atoms with E-state index in [9.17, 15) is 15.0 Å². The molecule has 2 heterocycles. The molecule has 20 heavy (non-hydrogen) atoms. The molecule has 0 unspecified atom stereocenters. The van der Waals surface area contributed by atoms with Gasteiger partial charge in [0.1, 0.15) is 11.5 Å². The zero-order chi connectivity index (χ0) is 14.1. The molecule has 4 N–H and O–H groups in total. The van der Waals surface area contributed by atoms with Crippen molar-refractivity contribution < 1.29 is 15.0 Å². The first-order valence-corrected chi connectivity index (χ1v) is 6.98. The van der Waals surface area contributed by atoms with Crippen molar-refractivity contribution in [1.29, 1.82) is 0 Å². The number of aromatic nitrogens is 1. The van der Waals surface area contributed by atoms with Crippen LogP contribution in [0, 0.1) is 0 Å². The minimum absolute atomic E-state index is 0.0243. The maximum atomic E-state index is 12.1. The number of amides is 1. The third kappa shape index (κ3) is 2.45. The van der Waals surface area contributed by atoms with Crippen LogP contribution in [0.5, 0.6) is 11.5 Å². The highest BCUT2D eigenvalue weighted by molar-refractivity contribution is 7.15. The van der Waals surface area contributed by atoms with Gasteiger partial charge < -0.3 is 15.5 Å². The monoisotopic (exact) mass is 291 g/mol. The summed E-state index contributed by atoms with van der Waals surface area (Å²) in [6.45, 7) is 1.65. The molecule has 0 fully saturated rings. The van der Waals surface area contributed by atoms with E-state index in [2.05, 4.69) is 15.6 Å². The fraction of sp³-hybridized carbons (Fsp3) is 0.231. The molecule has 0 saturated carbocycles. The van der Waals surface area contributed by atoms with Crippen molar-refractivity contribution in [3.8, 4) is 11.5 Å². The molecule has 7 heteroatoms. The van der Waals surface area contributed by atoms with Gasteiger partial charge >= 0.3 is 0 Å². The summed E-state index contributed by atoms with van der Waals surface area (Å²) in [5.41, 5.74) is 1.03. The van der Waals surface area contributed by atoms with Crippen LogP contribution in [-0.4, -0.2) is 27.6 Å². The van der Waals surface area contributed by atoms with E-state index in [-0.39, 0.29) is 17.1 Å². The molecule has 0 atom stereocenters. The van der Waals surface area contributed by atoms with Crippen molar-refractivity contribution >= 4 is 22.4 Å². The summed E-state index contributed by atoms with van der Waals surface area (Å²) in [4.78, 5) is 17.6. The Labute approximate surface area is 119 Å². The van der Waals surface area contributed by atoms with Gasteiger partial charge in [0.05, 0.1) is 11.3 Å². The van der Waals surface area contributed by atoms with Gasteiger partial charge in [-0.15, -0.1) is 11.3 Å². The zero-order valence-corrected chi connectivity index (χ0v) is 11.3. The van der Waals surface area contributed by atoms with Crippen LogP contribution in [0.15, 0.2) is 18.2 Å². The van der Waals surface area contributed by atoms with Crippen LogP contribution in [0.2, 0.25) is 0 Å². The number of anilines is 1. The van der Waals surface area contributed by atoms with E-state index >= 15 is 0 Å². The fourth-order valence-corrected chi connectivity index (χ4v) is 3.02. The van der Waals surface area contributed by atoms with Crippen molar-refractivity contribution in [2.24, 2.45) is 0 Å². The predicted molar refractivity (Wildman–Crippen MR) is 75.2 cm³/mol. The van der Waals surface area contributed by atoms with Gasteiger partial charge in [-0.2, -0.15) is 0 Å². The van der Waals surface area contributed by atoms with E-state index < -0.39 is 5.91 Å². The van der Waals surface area contributed by atoms with Crippen LogP contribution < -0.4 is 10.6 Å². The first kappa shape index (κ1) is 12.9. The predicted octanol–water partition coefficient (Wildman–Crippen LogP) is 1.45. The van der Waals surface area contributed by atoms with E-state index in [1.165, 1.54) is 29.5 Å². The highest BCUT2D eigenvalue weighted by Gasteiger charge is 2.18. The molecule has 1 aromatic heterocycles. The van der Waals surface area contributed by atoms with Crippen LogP contribution in [-0.2, 0) is 13.0 Å². The molecule has 104 valence electrons. The Morgan fingerprint density at radius 2 is 2.25 bits per heavy atom. The number of aromatic hydroxyl groups is 2. The number of hydrogen-bond donors (Lipinski definition) is 4. The van der Waals surface area contributed by atoms with Gasteiger partial charge in [-0.1, -0.05) is 0 Å². The van der Waals surface area contributed by atoms with E-state index in [1.54, 1.807) is 0 Å². The summed E-state index contributed by atoms with van der Waals surface area (Å²) in [6.07, 6.45) is 0.846. The average molecular weight is 291 g/mol. The maximum absolute atomic E-state index is 12.1. The Bertz CT molecular complexity index is 645. The fourth-order valence-electron chi connectivity index (χ4n) is 2.05. The Balaban J connectivity index is 1.82. The van der Waals surface area contributed by atoms with E-state index in [1.807, 2.05) is 0 Å². The minimum Gasteiger partial charge on any atom is -0.508 e. The summed E-state index contributed by atoms with van der Waals surface area (Å²) in [5.74, 6) is -0.740. The quantitative estimate of drug-likeness (QED) is 0.628. The Morgan fingerprint density at radius 1 is 1.40 bits per heavy atom. The highest BCUT2D eigenvalue weighted by Crippen LogP contribution is 2.27.